The van der Waals surface area contributed by atoms with Crippen molar-refractivity contribution < 1.29 is 0 Å². The average molecular weight is 187 g/mol. The summed E-state index contributed by atoms with van der Waals surface area (Å²) in [6.45, 7) is 0. The topological polar surface area (TPSA) is 0 Å². The van der Waals surface area contributed by atoms with Gasteiger partial charge in [0.1, 0.15) is 0 Å². The van der Waals surface area contributed by atoms with Crippen LogP contribution in [0, 0.1) is 6.08 Å². The molecule has 1 aliphatic carbocycles. The highest BCUT2D eigenvalue weighted by molar-refractivity contribution is 5.00. The first-order chi connectivity index (χ1) is 7.00. The number of allylic oxidation sites excluding steroid dienone is 8. The summed E-state index contributed by atoms with van der Waals surface area (Å²) in [4.78, 5) is 0. The Bertz CT molecular complexity index is 228. The summed E-state index contributed by atoms with van der Waals surface area (Å²) in [5, 5.41) is 0. The summed E-state index contributed by atoms with van der Waals surface area (Å²) in [6.07, 6.45) is 25.5. The first-order valence-corrected chi connectivity index (χ1v) is 5.53. The maximum atomic E-state index is 3.16. The maximum Gasteiger partial charge on any atom is -0.0160 e. The van der Waals surface area contributed by atoms with Gasteiger partial charge in [-0.25, -0.2) is 0 Å². The minimum absolute atomic E-state index is 0.998. The van der Waals surface area contributed by atoms with Crippen molar-refractivity contribution in [3.05, 3.63) is 48.6 Å². The zero-order valence-corrected chi connectivity index (χ0v) is 8.78. The van der Waals surface area contributed by atoms with Crippen LogP contribution in [-0.2, 0) is 0 Å². The molecule has 0 nitrogen and oxygen atoms in total. The van der Waals surface area contributed by atoms with Gasteiger partial charge in [0.05, 0.1) is 0 Å². The van der Waals surface area contributed by atoms with E-state index in [9.17, 15) is 0 Å². The molecule has 0 amide bonds. The van der Waals surface area contributed by atoms with E-state index in [2.05, 4.69) is 42.5 Å². The maximum absolute atomic E-state index is 3.16. The fraction of sp³-hybridized carbons (Fsp3) is 0.429. The van der Waals surface area contributed by atoms with E-state index < -0.39 is 0 Å². The molecule has 0 fully saturated rings. The first kappa shape index (κ1) is 11.0. The fourth-order valence-electron chi connectivity index (χ4n) is 1.36. The van der Waals surface area contributed by atoms with Crippen molar-refractivity contribution in [1.82, 2.24) is 0 Å². The van der Waals surface area contributed by atoms with Crippen molar-refractivity contribution in [2.24, 2.45) is 0 Å². The van der Waals surface area contributed by atoms with E-state index in [1.165, 1.54) is 25.7 Å². The lowest BCUT2D eigenvalue weighted by atomic mass is 10.1. The number of hydrogen-bond acceptors (Lipinski definition) is 0. The lowest BCUT2D eigenvalue weighted by Gasteiger charge is -1.92. The Morgan fingerprint density at radius 2 is 1.43 bits per heavy atom. The molecule has 1 radical (unpaired) electrons. The van der Waals surface area contributed by atoms with Gasteiger partial charge in [-0.15, -0.1) is 0 Å². The molecule has 0 aromatic rings. The minimum Gasteiger partial charge on any atom is -0.0882 e. The van der Waals surface area contributed by atoms with Crippen LogP contribution in [0.1, 0.15) is 38.5 Å². The van der Waals surface area contributed by atoms with E-state index >= 15 is 0 Å². The second kappa shape index (κ2) is 8.55. The molecule has 0 heteroatoms. The molecule has 1 rings (SSSR count). The van der Waals surface area contributed by atoms with Crippen LogP contribution in [-0.4, -0.2) is 0 Å². The monoisotopic (exact) mass is 187 g/mol. The molecule has 0 saturated heterocycles. The van der Waals surface area contributed by atoms with Crippen LogP contribution in [0.3, 0.4) is 0 Å². The Balaban J connectivity index is 2.35. The summed E-state index contributed by atoms with van der Waals surface area (Å²) in [7, 11) is 0. The summed E-state index contributed by atoms with van der Waals surface area (Å²) >= 11 is 0. The summed E-state index contributed by atoms with van der Waals surface area (Å²) in [5.74, 6) is 0. The summed E-state index contributed by atoms with van der Waals surface area (Å²) in [6, 6.07) is 0. The van der Waals surface area contributed by atoms with Crippen molar-refractivity contribution >= 4 is 0 Å². The van der Waals surface area contributed by atoms with Gasteiger partial charge in [-0.2, -0.15) is 0 Å². The SMILES string of the molecule is [C]1=C/C/C=C\C/C=C\CCCC/C=C/1. The fourth-order valence-corrected chi connectivity index (χ4v) is 1.36. The van der Waals surface area contributed by atoms with Gasteiger partial charge in [-0.05, 0) is 44.6 Å². The highest BCUT2D eigenvalue weighted by Gasteiger charge is 1.83. The van der Waals surface area contributed by atoms with Gasteiger partial charge >= 0.3 is 0 Å². The van der Waals surface area contributed by atoms with E-state index in [1.807, 2.05) is 6.08 Å². The molecule has 0 aromatic heterocycles. The Kier molecular flexibility index (Phi) is 6.74. The molecule has 0 atom stereocenters. The summed E-state index contributed by atoms with van der Waals surface area (Å²) < 4.78 is 0. The zero-order chi connectivity index (χ0) is 9.90. The van der Waals surface area contributed by atoms with Crippen molar-refractivity contribution in [1.29, 1.82) is 0 Å². The van der Waals surface area contributed by atoms with E-state index in [1.54, 1.807) is 0 Å². The molecule has 75 valence electrons. The van der Waals surface area contributed by atoms with Crippen molar-refractivity contribution in [2.75, 3.05) is 0 Å². The lowest BCUT2D eigenvalue weighted by molar-refractivity contribution is 0.761. The highest BCUT2D eigenvalue weighted by atomic mass is 13.9. The molecular weight excluding hydrogens is 168 g/mol. The van der Waals surface area contributed by atoms with Gasteiger partial charge in [-0.3, -0.25) is 0 Å². The molecule has 1 aliphatic rings. The van der Waals surface area contributed by atoms with Gasteiger partial charge in [0, 0.05) is 0 Å². The van der Waals surface area contributed by atoms with Crippen LogP contribution in [0.5, 0.6) is 0 Å². The third-order valence-electron chi connectivity index (χ3n) is 2.18. The molecular formula is C14H19. The van der Waals surface area contributed by atoms with E-state index in [0.29, 0.717) is 0 Å². The Morgan fingerprint density at radius 3 is 2.36 bits per heavy atom. The standard InChI is InChI=1S/C14H19/c1-2-4-6-8-10-12-14-13-11-9-7-5-3-1/h1-2,5-7,10,12H,3-4,9,11,13-14H2/b2-1-,7-5-,8-6?,12-10+. The molecule has 0 unspecified atom stereocenters. The highest BCUT2D eigenvalue weighted by Crippen LogP contribution is 2.03. The summed E-state index contributed by atoms with van der Waals surface area (Å²) in [5.41, 5.74) is 0. The van der Waals surface area contributed by atoms with Gasteiger partial charge in [-0.1, -0.05) is 42.5 Å². The van der Waals surface area contributed by atoms with Gasteiger partial charge in [0.2, 0.25) is 0 Å². The van der Waals surface area contributed by atoms with E-state index in [0.717, 1.165) is 12.8 Å². The first-order valence-electron chi connectivity index (χ1n) is 5.53. The van der Waals surface area contributed by atoms with Crippen LogP contribution < -0.4 is 0 Å². The third kappa shape index (κ3) is 6.47. The van der Waals surface area contributed by atoms with E-state index in [-0.39, 0.29) is 0 Å². The second-order valence-electron chi connectivity index (χ2n) is 3.47. The molecule has 0 heterocycles. The number of hydrogen-bond donors (Lipinski definition) is 0. The van der Waals surface area contributed by atoms with Crippen molar-refractivity contribution in [3.8, 4) is 0 Å². The third-order valence-corrected chi connectivity index (χ3v) is 2.18. The predicted octanol–water partition coefficient (Wildman–Crippen LogP) is 4.37. The van der Waals surface area contributed by atoms with Crippen LogP contribution in [0.4, 0.5) is 0 Å². The quantitative estimate of drug-likeness (QED) is 0.494. The molecule has 0 saturated carbocycles. The minimum atomic E-state index is 0.998. The molecule has 14 heavy (non-hydrogen) atoms. The molecule has 0 aromatic carbocycles. The largest absolute Gasteiger partial charge is 0.0882 e. The second-order valence-corrected chi connectivity index (χ2v) is 3.47. The normalized spacial score (nSPS) is 28.6. The lowest BCUT2D eigenvalue weighted by Crippen LogP contribution is -1.73. The van der Waals surface area contributed by atoms with Crippen LogP contribution in [0.2, 0.25) is 0 Å². The van der Waals surface area contributed by atoms with E-state index in [4.69, 9.17) is 0 Å². The van der Waals surface area contributed by atoms with Crippen LogP contribution >= 0.6 is 0 Å². The Morgan fingerprint density at radius 1 is 0.714 bits per heavy atom. The average Bonchev–Trinajstić information content (AvgIpc) is 2.22. The Labute approximate surface area is 87.7 Å². The van der Waals surface area contributed by atoms with Gasteiger partial charge in [0.25, 0.3) is 0 Å². The van der Waals surface area contributed by atoms with Gasteiger partial charge in [0.15, 0.2) is 0 Å². The van der Waals surface area contributed by atoms with Crippen LogP contribution in [0.15, 0.2) is 42.5 Å². The van der Waals surface area contributed by atoms with Crippen LogP contribution in [0.25, 0.3) is 0 Å². The Hall–Kier alpha value is -1.04. The predicted molar refractivity (Wildman–Crippen MR) is 62.9 cm³/mol. The molecule has 0 N–H and O–H groups in total. The molecule has 0 aliphatic heterocycles. The van der Waals surface area contributed by atoms with Gasteiger partial charge < -0.3 is 0 Å². The number of rotatable bonds is 0. The van der Waals surface area contributed by atoms with Crippen molar-refractivity contribution in [2.45, 2.75) is 38.5 Å². The van der Waals surface area contributed by atoms with Crippen molar-refractivity contribution in [3.63, 3.8) is 0 Å². The molecule has 0 spiro atoms. The smallest absolute Gasteiger partial charge is 0.0160 e. The molecule has 0 bridgehead atoms. The zero-order valence-electron chi connectivity index (χ0n) is 8.78.